The maximum Gasteiger partial charge on any atom is 0.170 e. The van der Waals surface area contributed by atoms with Crippen molar-refractivity contribution in [2.45, 2.75) is 0 Å². The zero-order valence-corrected chi connectivity index (χ0v) is 12.0. The Morgan fingerprint density at radius 1 is 1.05 bits per heavy atom. The molecule has 2 nitrogen and oxygen atoms in total. The molecule has 1 aromatic heterocycles. The third-order valence-corrected chi connectivity index (χ3v) is 4.26. The lowest BCUT2D eigenvalue weighted by atomic mass is 10.2. The van der Waals surface area contributed by atoms with Crippen molar-refractivity contribution in [3.05, 3.63) is 53.6 Å². The highest BCUT2D eigenvalue weighted by molar-refractivity contribution is 7.23. The van der Waals surface area contributed by atoms with Crippen molar-refractivity contribution in [1.29, 1.82) is 0 Å². The molecule has 1 heterocycles. The summed E-state index contributed by atoms with van der Waals surface area (Å²) in [5, 5.41) is 2.44. The Bertz CT molecular complexity index is 726. The molecule has 3 aromatic rings. The predicted octanol–water partition coefficient (Wildman–Crippen LogP) is 5.91. The number of halogens is 2. The van der Waals surface area contributed by atoms with Crippen molar-refractivity contribution >= 4 is 49.8 Å². The Morgan fingerprint density at radius 2 is 1.89 bits per heavy atom. The number of hydrogen-bond donors (Lipinski definition) is 1. The molecule has 0 unspecified atom stereocenters. The summed E-state index contributed by atoms with van der Waals surface area (Å²) < 4.78 is 7.03. The summed E-state index contributed by atoms with van der Waals surface area (Å²) in [6, 6.07) is 15.3. The third-order valence-electron chi connectivity index (χ3n) is 2.65. The van der Waals surface area contributed by atoms with Gasteiger partial charge in [0.25, 0.3) is 0 Å². The van der Waals surface area contributed by atoms with Crippen molar-refractivity contribution in [3.63, 3.8) is 0 Å². The van der Waals surface area contributed by atoms with Crippen LogP contribution in [0.2, 0.25) is 5.02 Å². The zero-order valence-electron chi connectivity index (χ0n) is 9.69. The van der Waals surface area contributed by atoms with Gasteiger partial charge in [0.2, 0.25) is 0 Å². The highest BCUT2D eigenvalue weighted by Gasteiger charge is 2.13. The molecular weight excluding hydrogens is 301 g/mol. The molecule has 0 aliphatic heterocycles. The molecule has 2 aromatic carbocycles. The molecule has 19 heavy (non-hydrogen) atoms. The molecule has 0 amide bonds. The topological polar surface area (TPSA) is 21.3 Å². The van der Waals surface area contributed by atoms with Gasteiger partial charge < -0.3 is 4.74 Å². The number of anilines is 1. The second kappa shape index (κ2) is 5.29. The summed E-state index contributed by atoms with van der Waals surface area (Å²) in [6.45, 7) is 0. The summed E-state index contributed by atoms with van der Waals surface area (Å²) in [4.78, 5) is 2.65. The van der Waals surface area contributed by atoms with E-state index in [2.05, 4.69) is 4.84 Å². The largest absolute Gasteiger partial charge is 0.454 e. The van der Waals surface area contributed by atoms with E-state index < -0.39 is 0 Å². The van der Waals surface area contributed by atoms with E-state index >= 15 is 0 Å². The lowest BCUT2D eigenvalue weighted by molar-refractivity contribution is 0.492. The Morgan fingerprint density at radius 3 is 2.68 bits per heavy atom. The second-order valence-corrected chi connectivity index (χ2v) is 5.59. The highest BCUT2D eigenvalue weighted by Crippen LogP contribution is 2.44. The predicted molar refractivity (Wildman–Crippen MR) is 82.8 cm³/mol. The van der Waals surface area contributed by atoms with Gasteiger partial charge in [0.05, 0.1) is 0 Å². The molecule has 3 rings (SSSR count). The van der Waals surface area contributed by atoms with E-state index in [0.717, 1.165) is 20.8 Å². The number of rotatable bonds is 3. The number of hydrogen-bond acceptors (Lipinski definition) is 3. The second-order valence-electron chi connectivity index (χ2n) is 3.91. The third kappa shape index (κ3) is 2.50. The van der Waals surface area contributed by atoms with Gasteiger partial charge in [-0.1, -0.05) is 29.8 Å². The summed E-state index contributed by atoms with van der Waals surface area (Å²) in [5.74, 6) is 1.40. The van der Waals surface area contributed by atoms with Gasteiger partial charge >= 0.3 is 0 Å². The van der Waals surface area contributed by atoms with Crippen LogP contribution in [0.15, 0.2) is 48.5 Å². The molecule has 0 spiro atoms. The van der Waals surface area contributed by atoms with E-state index in [-0.39, 0.29) is 0 Å². The van der Waals surface area contributed by atoms with Crippen molar-refractivity contribution in [2.75, 3.05) is 4.84 Å². The molecule has 0 aliphatic carbocycles. The Hall–Kier alpha value is -1.42. The summed E-state index contributed by atoms with van der Waals surface area (Å²) in [5.41, 5.74) is 0. The fraction of sp³-hybridized carbons (Fsp3) is 0. The van der Waals surface area contributed by atoms with E-state index in [4.69, 9.17) is 28.1 Å². The molecule has 96 valence electrons. The first-order valence-electron chi connectivity index (χ1n) is 5.59. The van der Waals surface area contributed by atoms with Crippen molar-refractivity contribution in [3.8, 4) is 11.5 Å². The maximum absolute atomic E-state index is 5.96. The standard InChI is InChI=1S/C14H9Cl2NOS/c15-9-4-3-5-10(8-9)18-13-11-6-1-2-7-12(11)19-14(13)17-16/h1-8,17H. The van der Waals surface area contributed by atoms with Gasteiger partial charge in [-0.25, -0.2) is 0 Å². The van der Waals surface area contributed by atoms with Crippen LogP contribution >= 0.6 is 34.7 Å². The molecular formula is C14H9Cl2NOS. The van der Waals surface area contributed by atoms with Crippen LogP contribution in [0.3, 0.4) is 0 Å². The first kappa shape index (κ1) is 12.6. The van der Waals surface area contributed by atoms with E-state index in [0.29, 0.717) is 10.8 Å². The Kier molecular flexibility index (Phi) is 3.51. The van der Waals surface area contributed by atoms with Gasteiger partial charge in [-0.15, -0.1) is 11.3 Å². The molecule has 0 aliphatic rings. The van der Waals surface area contributed by atoms with Crippen LogP contribution in [0.25, 0.3) is 10.1 Å². The highest BCUT2D eigenvalue weighted by atomic mass is 35.5. The lowest BCUT2D eigenvalue weighted by Gasteiger charge is -2.06. The van der Waals surface area contributed by atoms with Crippen LogP contribution in [-0.2, 0) is 0 Å². The first-order valence-corrected chi connectivity index (χ1v) is 7.17. The van der Waals surface area contributed by atoms with Crippen LogP contribution in [0, 0.1) is 0 Å². The Labute approximate surface area is 124 Å². The number of ether oxygens (including phenoxy) is 1. The molecule has 0 saturated heterocycles. The normalized spacial score (nSPS) is 10.6. The van der Waals surface area contributed by atoms with Gasteiger partial charge in [0.1, 0.15) is 10.8 Å². The van der Waals surface area contributed by atoms with Crippen molar-refractivity contribution in [1.82, 2.24) is 0 Å². The summed E-state index contributed by atoms with van der Waals surface area (Å²) in [6.07, 6.45) is 0. The fourth-order valence-corrected chi connectivity index (χ4v) is 3.14. The number of nitrogens with one attached hydrogen (secondary N) is 1. The van der Waals surface area contributed by atoms with Crippen LogP contribution in [0.4, 0.5) is 5.00 Å². The van der Waals surface area contributed by atoms with E-state index in [9.17, 15) is 0 Å². The van der Waals surface area contributed by atoms with Gasteiger partial charge in [-0.3, -0.25) is 4.84 Å². The molecule has 0 bridgehead atoms. The Balaban J connectivity index is 2.08. The monoisotopic (exact) mass is 309 g/mol. The van der Waals surface area contributed by atoms with Crippen LogP contribution < -0.4 is 9.57 Å². The van der Waals surface area contributed by atoms with Crippen molar-refractivity contribution in [2.24, 2.45) is 0 Å². The molecule has 0 atom stereocenters. The van der Waals surface area contributed by atoms with E-state index in [1.807, 2.05) is 36.4 Å². The minimum absolute atomic E-state index is 0.636. The molecule has 1 N–H and O–H groups in total. The smallest absolute Gasteiger partial charge is 0.170 e. The zero-order chi connectivity index (χ0) is 13.2. The van der Waals surface area contributed by atoms with Crippen LogP contribution in [-0.4, -0.2) is 0 Å². The van der Waals surface area contributed by atoms with Gasteiger partial charge in [0.15, 0.2) is 5.75 Å². The molecule has 0 saturated carbocycles. The average Bonchev–Trinajstić information content (AvgIpc) is 2.77. The molecule has 0 fully saturated rings. The molecule has 5 heteroatoms. The summed E-state index contributed by atoms with van der Waals surface area (Å²) in [7, 11) is 0. The number of fused-ring (bicyclic) bond motifs is 1. The van der Waals surface area contributed by atoms with Gasteiger partial charge in [-0.05, 0) is 30.3 Å². The quantitative estimate of drug-likeness (QED) is 0.607. The first-order chi connectivity index (χ1) is 9.28. The van der Waals surface area contributed by atoms with E-state index in [1.165, 1.54) is 0 Å². The minimum atomic E-state index is 0.636. The lowest BCUT2D eigenvalue weighted by Crippen LogP contribution is -1.86. The maximum atomic E-state index is 5.96. The number of benzene rings is 2. The van der Waals surface area contributed by atoms with Crippen molar-refractivity contribution < 1.29 is 4.74 Å². The average molecular weight is 310 g/mol. The van der Waals surface area contributed by atoms with Crippen LogP contribution in [0.1, 0.15) is 0 Å². The molecule has 0 radical (unpaired) electrons. The number of thiophene rings is 1. The summed E-state index contributed by atoms with van der Waals surface area (Å²) >= 11 is 13.3. The van der Waals surface area contributed by atoms with Gasteiger partial charge in [0, 0.05) is 26.9 Å². The minimum Gasteiger partial charge on any atom is -0.454 e. The van der Waals surface area contributed by atoms with E-state index in [1.54, 1.807) is 23.5 Å². The van der Waals surface area contributed by atoms with Gasteiger partial charge in [-0.2, -0.15) is 0 Å². The SMILES string of the molecule is ClNc1sc2ccccc2c1Oc1cccc(Cl)c1. The fourth-order valence-electron chi connectivity index (χ4n) is 1.83. The van der Waals surface area contributed by atoms with Crippen LogP contribution in [0.5, 0.6) is 11.5 Å².